The van der Waals surface area contributed by atoms with Gasteiger partial charge in [-0.15, -0.1) is 0 Å². The number of hydrogen-bond acceptors (Lipinski definition) is 2. The van der Waals surface area contributed by atoms with Gasteiger partial charge in [0.2, 0.25) is 0 Å². The van der Waals surface area contributed by atoms with E-state index in [0.29, 0.717) is 5.82 Å². The summed E-state index contributed by atoms with van der Waals surface area (Å²) < 4.78 is 0. The predicted molar refractivity (Wildman–Crippen MR) is 222 cm³/mol. The highest BCUT2D eigenvalue weighted by Crippen LogP contribution is 2.52. The fourth-order valence-corrected chi connectivity index (χ4v) is 8.41. The van der Waals surface area contributed by atoms with E-state index < -0.39 is 0 Å². The van der Waals surface area contributed by atoms with E-state index in [-0.39, 0.29) is 5.41 Å². The van der Waals surface area contributed by atoms with Crippen molar-refractivity contribution in [3.63, 3.8) is 0 Å². The smallest absolute Gasteiger partial charge is 0.160 e. The molecular formula is C51H36N2. The summed E-state index contributed by atoms with van der Waals surface area (Å²) in [5.74, 6) is 0.714. The number of nitrogens with zero attached hydrogens (tertiary/aromatic N) is 2. The fraction of sp³-hybridized carbons (Fsp3) is 0.0588. The molecule has 1 aliphatic carbocycles. The molecule has 0 unspecified atom stereocenters. The Morgan fingerprint density at radius 3 is 1.70 bits per heavy atom. The van der Waals surface area contributed by atoms with Gasteiger partial charge in [-0.05, 0) is 84.3 Å². The van der Waals surface area contributed by atoms with E-state index in [2.05, 4.69) is 178 Å². The molecular weight excluding hydrogens is 641 g/mol. The van der Waals surface area contributed by atoms with Crippen molar-refractivity contribution in [2.24, 2.45) is 0 Å². The summed E-state index contributed by atoms with van der Waals surface area (Å²) in [5, 5.41) is 4.75. The van der Waals surface area contributed by atoms with Gasteiger partial charge >= 0.3 is 0 Å². The van der Waals surface area contributed by atoms with Gasteiger partial charge in [0.1, 0.15) is 0 Å². The van der Waals surface area contributed by atoms with E-state index in [1.165, 1.54) is 66.1 Å². The minimum atomic E-state index is -0.0289. The maximum Gasteiger partial charge on any atom is 0.160 e. The van der Waals surface area contributed by atoms with E-state index in [1.54, 1.807) is 0 Å². The Morgan fingerprint density at radius 1 is 0.358 bits per heavy atom. The van der Waals surface area contributed by atoms with Crippen LogP contribution in [0.1, 0.15) is 25.0 Å². The van der Waals surface area contributed by atoms with Crippen LogP contribution in [0, 0.1) is 0 Å². The molecule has 1 aromatic heterocycles. The zero-order chi connectivity index (χ0) is 35.5. The van der Waals surface area contributed by atoms with E-state index in [1.807, 2.05) is 18.2 Å². The molecule has 0 saturated carbocycles. The van der Waals surface area contributed by atoms with Crippen LogP contribution in [0.3, 0.4) is 0 Å². The summed E-state index contributed by atoms with van der Waals surface area (Å²) in [4.78, 5) is 10.4. The molecule has 0 saturated heterocycles. The van der Waals surface area contributed by atoms with E-state index in [0.717, 1.165) is 28.1 Å². The molecule has 8 aromatic carbocycles. The molecule has 250 valence electrons. The maximum atomic E-state index is 5.20. The fourth-order valence-electron chi connectivity index (χ4n) is 8.41. The Hall–Kier alpha value is -6.64. The second kappa shape index (κ2) is 12.3. The second-order valence-electron chi connectivity index (χ2n) is 14.6. The quantitative estimate of drug-likeness (QED) is 0.181. The van der Waals surface area contributed by atoms with Crippen molar-refractivity contribution >= 4 is 21.5 Å². The van der Waals surface area contributed by atoms with Crippen LogP contribution in [0.15, 0.2) is 182 Å². The van der Waals surface area contributed by atoms with Crippen molar-refractivity contribution in [1.29, 1.82) is 0 Å². The minimum absolute atomic E-state index is 0.0289. The van der Waals surface area contributed by atoms with Crippen molar-refractivity contribution in [2.45, 2.75) is 19.3 Å². The van der Waals surface area contributed by atoms with Gasteiger partial charge in [0, 0.05) is 22.1 Å². The van der Waals surface area contributed by atoms with E-state index in [9.17, 15) is 0 Å². The average molecular weight is 677 g/mol. The van der Waals surface area contributed by atoms with Crippen molar-refractivity contribution < 1.29 is 0 Å². The molecule has 9 aromatic rings. The Morgan fingerprint density at radius 2 is 0.925 bits per heavy atom. The van der Waals surface area contributed by atoms with Gasteiger partial charge in [-0.3, -0.25) is 0 Å². The lowest BCUT2D eigenvalue weighted by atomic mass is 9.82. The molecule has 2 nitrogen and oxygen atoms in total. The second-order valence-corrected chi connectivity index (χ2v) is 14.6. The first-order chi connectivity index (χ1) is 26.0. The highest BCUT2D eigenvalue weighted by atomic mass is 14.9. The standard InChI is InChI=1S/C51H36N2/c1-51(2)45-22-12-11-20-44(45)49-40(21-13-23-46(49)51)37-26-24-36-31-38(27-25-35(36)30-37)47-32-48(53-50(52-47)34-16-7-4-8-17-34)43-29-28-39(33-14-5-3-6-15-33)41-18-9-10-19-42(41)43/h3-32H,1-2H3. The largest absolute Gasteiger partial charge is 0.228 e. The number of hydrogen-bond donors (Lipinski definition) is 0. The number of rotatable bonds is 5. The number of benzene rings is 8. The molecule has 0 bridgehead atoms. The first-order valence-corrected chi connectivity index (χ1v) is 18.3. The lowest BCUT2D eigenvalue weighted by Gasteiger charge is -2.21. The van der Waals surface area contributed by atoms with Crippen molar-refractivity contribution in [1.82, 2.24) is 9.97 Å². The van der Waals surface area contributed by atoms with Crippen LogP contribution in [-0.2, 0) is 5.41 Å². The van der Waals surface area contributed by atoms with Gasteiger partial charge in [0.25, 0.3) is 0 Å². The van der Waals surface area contributed by atoms with Crippen LogP contribution in [0.2, 0.25) is 0 Å². The summed E-state index contributed by atoms with van der Waals surface area (Å²) in [6, 6.07) is 65.4. The topological polar surface area (TPSA) is 25.8 Å². The van der Waals surface area contributed by atoms with Gasteiger partial charge in [0.15, 0.2) is 5.82 Å². The van der Waals surface area contributed by atoms with Crippen molar-refractivity contribution in [3.8, 4) is 67.3 Å². The van der Waals surface area contributed by atoms with Gasteiger partial charge in [-0.1, -0.05) is 178 Å². The molecule has 0 radical (unpaired) electrons. The molecule has 0 amide bonds. The Labute approximate surface area is 310 Å². The van der Waals surface area contributed by atoms with E-state index >= 15 is 0 Å². The van der Waals surface area contributed by atoms with Crippen LogP contribution in [0.25, 0.3) is 88.8 Å². The van der Waals surface area contributed by atoms with Crippen LogP contribution < -0.4 is 0 Å². The molecule has 10 rings (SSSR count). The lowest BCUT2D eigenvalue weighted by Crippen LogP contribution is -2.14. The molecule has 2 heteroatoms. The first-order valence-electron chi connectivity index (χ1n) is 18.3. The summed E-state index contributed by atoms with van der Waals surface area (Å²) in [5.41, 5.74) is 15.3. The summed E-state index contributed by atoms with van der Waals surface area (Å²) >= 11 is 0. The van der Waals surface area contributed by atoms with Crippen LogP contribution >= 0.6 is 0 Å². The summed E-state index contributed by atoms with van der Waals surface area (Å²) in [6.45, 7) is 4.68. The minimum Gasteiger partial charge on any atom is -0.228 e. The summed E-state index contributed by atoms with van der Waals surface area (Å²) in [7, 11) is 0. The van der Waals surface area contributed by atoms with Gasteiger partial charge in [-0.25, -0.2) is 9.97 Å². The van der Waals surface area contributed by atoms with Crippen molar-refractivity contribution in [2.75, 3.05) is 0 Å². The SMILES string of the molecule is CC1(C)c2ccccc2-c2c(-c3ccc4cc(-c5cc(-c6ccc(-c7ccccc7)c7ccccc67)nc(-c6ccccc6)n5)ccc4c3)cccc21. The molecule has 0 N–H and O–H groups in total. The Kier molecular flexibility index (Phi) is 7.19. The molecule has 0 aliphatic heterocycles. The predicted octanol–water partition coefficient (Wildman–Crippen LogP) is 13.4. The third-order valence-corrected chi connectivity index (χ3v) is 11.1. The lowest BCUT2D eigenvalue weighted by molar-refractivity contribution is 0.660. The summed E-state index contributed by atoms with van der Waals surface area (Å²) in [6.07, 6.45) is 0. The average Bonchev–Trinajstić information content (AvgIpc) is 3.46. The molecule has 53 heavy (non-hydrogen) atoms. The third-order valence-electron chi connectivity index (χ3n) is 11.1. The highest BCUT2D eigenvalue weighted by Gasteiger charge is 2.36. The third kappa shape index (κ3) is 5.18. The molecule has 1 heterocycles. The van der Waals surface area contributed by atoms with Crippen LogP contribution in [0.4, 0.5) is 0 Å². The Bertz CT molecular complexity index is 2850. The first kappa shape index (κ1) is 31.1. The molecule has 0 spiro atoms. The highest BCUT2D eigenvalue weighted by molar-refractivity contribution is 6.05. The number of aromatic nitrogens is 2. The molecule has 0 fully saturated rings. The van der Waals surface area contributed by atoms with Crippen molar-refractivity contribution in [3.05, 3.63) is 193 Å². The van der Waals surface area contributed by atoms with Gasteiger partial charge < -0.3 is 0 Å². The van der Waals surface area contributed by atoms with Gasteiger partial charge in [-0.2, -0.15) is 0 Å². The maximum absolute atomic E-state index is 5.20. The van der Waals surface area contributed by atoms with E-state index in [4.69, 9.17) is 9.97 Å². The molecule has 1 aliphatic rings. The van der Waals surface area contributed by atoms with Crippen LogP contribution in [-0.4, -0.2) is 9.97 Å². The molecule has 0 atom stereocenters. The monoisotopic (exact) mass is 676 g/mol. The Balaban J connectivity index is 1.10. The van der Waals surface area contributed by atoms with Crippen LogP contribution in [0.5, 0.6) is 0 Å². The normalized spacial score (nSPS) is 12.9. The van der Waals surface area contributed by atoms with Gasteiger partial charge in [0.05, 0.1) is 11.4 Å². The zero-order valence-corrected chi connectivity index (χ0v) is 29.7. The number of fused-ring (bicyclic) bond motifs is 5. The zero-order valence-electron chi connectivity index (χ0n) is 29.7.